The number of benzene rings is 2. The Morgan fingerprint density at radius 1 is 1.00 bits per heavy atom. The predicted molar refractivity (Wildman–Crippen MR) is 137 cm³/mol. The number of carbonyl (C=O) groups excluding carboxylic acids is 1. The van der Waals surface area contributed by atoms with Gasteiger partial charge in [0, 0.05) is 12.1 Å². The van der Waals surface area contributed by atoms with Gasteiger partial charge in [0.1, 0.15) is 17.5 Å². The van der Waals surface area contributed by atoms with Gasteiger partial charge in [0.25, 0.3) is 5.69 Å². The third kappa shape index (κ3) is 8.07. The van der Waals surface area contributed by atoms with Gasteiger partial charge in [-0.05, 0) is 48.9 Å². The number of rotatable bonds is 13. The number of nitrogens with one attached hydrogen (secondary N) is 1. The van der Waals surface area contributed by atoms with Gasteiger partial charge in [-0.25, -0.2) is 4.57 Å². The van der Waals surface area contributed by atoms with Gasteiger partial charge in [-0.2, -0.15) is 5.09 Å². The Labute approximate surface area is 212 Å². The summed E-state index contributed by atoms with van der Waals surface area (Å²) in [6.45, 7) is 4.40. The van der Waals surface area contributed by atoms with E-state index in [2.05, 4.69) is 18.9 Å². The number of hydrogen-bond acceptors (Lipinski definition) is 7. The molecule has 0 heterocycles. The number of non-ortho nitro benzene ring substituents is 1. The van der Waals surface area contributed by atoms with Crippen LogP contribution in [0.1, 0.15) is 58.8 Å². The van der Waals surface area contributed by atoms with Crippen LogP contribution < -0.4 is 14.1 Å². The van der Waals surface area contributed by atoms with Crippen molar-refractivity contribution in [2.45, 2.75) is 64.8 Å². The van der Waals surface area contributed by atoms with Crippen molar-refractivity contribution in [3.05, 3.63) is 64.7 Å². The maximum Gasteiger partial charge on any atom is 0.513 e. The van der Waals surface area contributed by atoms with E-state index in [-0.39, 0.29) is 23.3 Å². The molecule has 0 radical (unpaired) electrons. The Hall–Kier alpha value is -2.90. The van der Waals surface area contributed by atoms with Crippen LogP contribution in [0.25, 0.3) is 0 Å². The average Bonchev–Trinajstić information content (AvgIpc) is 2.89. The van der Waals surface area contributed by atoms with Crippen molar-refractivity contribution in [1.29, 1.82) is 0 Å². The lowest BCUT2D eigenvalue weighted by Crippen LogP contribution is -2.45. The first-order chi connectivity index (χ1) is 17.3. The highest BCUT2D eigenvalue weighted by atomic mass is 31.2. The number of carbonyl (C=O) groups is 1. The van der Waals surface area contributed by atoms with Gasteiger partial charge in [-0.1, -0.05) is 64.2 Å². The summed E-state index contributed by atoms with van der Waals surface area (Å²) in [5.74, 6) is 0.104. The second kappa shape index (κ2) is 13.4. The minimum absolute atomic E-state index is 0.0823. The lowest BCUT2D eigenvalue weighted by Gasteiger charge is -2.32. The molecular formula is C26H35N2O7P. The molecule has 0 aliphatic heterocycles. The summed E-state index contributed by atoms with van der Waals surface area (Å²) in [4.78, 5) is 23.8. The molecule has 1 N–H and O–H groups in total. The standard InChI is InChI=1S/C26H35N2O7P/c1-3-20(4-2)19-33-26(29)25(21-11-7-5-8-12-21)27-36(32,34-23-13-9-6-10-14-23)35-24-17-15-22(16-18-24)28(30)31/h6,9-10,13-18,20-21,25H,3-5,7-8,11-12,19H2,1-2H3,(H,27,32). The maximum atomic E-state index is 14.1. The monoisotopic (exact) mass is 518 g/mol. The minimum atomic E-state index is -4.16. The van der Waals surface area contributed by atoms with Crippen LogP contribution in [0.15, 0.2) is 54.6 Å². The molecule has 0 aromatic heterocycles. The van der Waals surface area contributed by atoms with Crippen molar-refractivity contribution in [1.82, 2.24) is 5.09 Å². The van der Waals surface area contributed by atoms with Gasteiger partial charge in [0.2, 0.25) is 0 Å². The minimum Gasteiger partial charge on any atom is -0.464 e. The summed E-state index contributed by atoms with van der Waals surface area (Å²) in [5, 5.41) is 13.9. The molecule has 10 heteroatoms. The Morgan fingerprint density at radius 2 is 1.58 bits per heavy atom. The summed E-state index contributed by atoms with van der Waals surface area (Å²) >= 11 is 0. The number of hydrogen-bond donors (Lipinski definition) is 1. The maximum absolute atomic E-state index is 14.1. The highest BCUT2D eigenvalue weighted by Crippen LogP contribution is 2.47. The van der Waals surface area contributed by atoms with E-state index >= 15 is 0 Å². The molecule has 2 atom stereocenters. The Morgan fingerprint density at radius 3 is 2.14 bits per heavy atom. The van der Waals surface area contributed by atoms with Crippen LogP contribution in [0, 0.1) is 22.0 Å². The molecule has 1 fully saturated rings. The highest BCUT2D eigenvalue weighted by molar-refractivity contribution is 7.52. The number of nitrogens with zero attached hydrogens (tertiary/aromatic N) is 1. The van der Waals surface area contributed by atoms with Crippen LogP contribution in [0.2, 0.25) is 0 Å². The van der Waals surface area contributed by atoms with Crippen LogP contribution in [0.5, 0.6) is 11.5 Å². The largest absolute Gasteiger partial charge is 0.513 e. The molecule has 1 aliphatic rings. The molecule has 3 rings (SSSR count). The predicted octanol–water partition coefficient (Wildman–Crippen LogP) is 6.68. The van der Waals surface area contributed by atoms with E-state index < -0.39 is 24.7 Å². The van der Waals surface area contributed by atoms with Crippen molar-refractivity contribution >= 4 is 19.4 Å². The second-order valence-electron chi connectivity index (χ2n) is 9.06. The summed E-state index contributed by atoms with van der Waals surface area (Å²) in [6, 6.07) is 12.8. The first-order valence-electron chi connectivity index (χ1n) is 12.6. The summed E-state index contributed by atoms with van der Waals surface area (Å²) < 4.78 is 31.3. The zero-order valence-corrected chi connectivity index (χ0v) is 21.7. The molecule has 0 saturated heterocycles. The third-order valence-corrected chi connectivity index (χ3v) is 8.03. The van der Waals surface area contributed by atoms with Crippen molar-refractivity contribution in [2.24, 2.45) is 11.8 Å². The molecule has 196 valence electrons. The Kier molecular flexibility index (Phi) is 10.3. The Balaban J connectivity index is 1.87. The average molecular weight is 519 g/mol. The zero-order valence-electron chi connectivity index (χ0n) is 20.8. The topological polar surface area (TPSA) is 117 Å². The van der Waals surface area contributed by atoms with E-state index in [0.29, 0.717) is 12.4 Å². The van der Waals surface area contributed by atoms with Crippen LogP contribution in [0.4, 0.5) is 5.69 Å². The fraction of sp³-hybridized carbons (Fsp3) is 0.500. The fourth-order valence-electron chi connectivity index (χ4n) is 4.26. The van der Waals surface area contributed by atoms with Gasteiger partial charge in [0.05, 0.1) is 11.5 Å². The van der Waals surface area contributed by atoms with E-state index in [1.54, 1.807) is 30.3 Å². The number of para-hydroxylation sites is 1. The quantitative estimate of drug-likeness (QED) is 0.135. The van der Waals surface area contributed by atoms with E-state index in [0.717, 1.165) is 44.9 Å². The van der Waals surface area contributed by atoms with Crippen molar-refractivity contribution in [2.75, 3.05) is 6.61 Å². The van der Waals surface area contributed by atoms with Gasteiger partial charge in [-0.3, -0.25) is 14.9 Å². The number of nitro benzene ring substituents is 1. The number of ether oxygens (including phenoxy) is 1. The van der Waals surface area contributed by atoms with E-state index in [4.69, 9.17) is 13.8 Å². The number of nitro groups is 1. The second-order valence-corrected chi connectivity index (χ2v) is 10.7. The normalized spacial score (nSPS) is 16.6. The lowest BCUT2D eigenvalue weighted by molar-refractivity contribution is -0.384. The van der Waals surface area contributed by atoms with Crippen LogP contribution in [0.3, 0.4) is 0 Å². The van der Waals surface area contributed by atoms with Crippen LogP contribution in [-0.4, -0.2) is 23.5 Å². The SMILES string of the molecule is CCC(CC)COC(=O)C(NP(=O)(Oc1ccccc1)Oc1ccc([N+](=O)[O-])cc1)C1CCCCC1. The molecule has 0 amide bonds. The molecule has 2 aromatic carbocycles. The first kappa shape index (κ1) is 27.7. The molecule has 0 bridgehead atoms. The van der Waals surface area contributed by atoms with E-state index in [1.165, 1.54) is 24.3 Å². The van der Waals surface area contributed by atoms with E-state index in [1.807, 2.05) is 0 Å². The van der Waals surface area contributed by atoms with Gasteiger partial charge in [-0.15, -0.1) is 0 Å². The van der Waals surface area contributed by atoms with Gasteiger partial charge >= 0.3 is 13.7 Å². The van der Waals surface area contributed by atoms with Gasteiger partial charge < -0.3 is 13.8 Å². The Bertz CT molecular complexity index is 1020. The van der Waals surface area contributed by atoms with Crippen molar-refractivity contribution < 1.29 is 28.1 Å². The highest BCUT2D eigenvalue weighted by Gasteiger charge is 2.40. The molecule has 36 heavy (non-hydrogen) atoms. The van der Waals surface area contributed by atoms with Crippen LogP contribution >= 0.6 is 7.75 Å². The third-order valence-electron chi connectivity index (χ3n) is 6.53. The zero-order chi connectivity index (χ0) is 26.0. The molecule has 1 aliphatic carbocycles. The molecule has 2 aromatic rings. The van der Waals surface area contributed by atoms with Gasteiger partial charge in [0.15, 0.2) is 0 Å². The van der Waals surface area contributed by atoms with Crippen molar-refractivity contribution in [3.63, 3.8) is 0 Å². The first-order valence-corrected chi connectivity index (χ1v) is 14.1. The summed E-state index contributed by atoms with van der Waals surface area (Å²) in [7, 11) is -4.16. The molecule has 0 spiro atoms. The van der Waals surface area contributed by atoms with Crippen molar-refractivity contribution in [3.8, 4) is 11.5 Å². The summed E-state index contributed by atoms with van der Waals surface area (Å²) in [5.41, 5.74) is -0.126. The number of esters is 1. The molecule has 1 saturated carbocycles. The fourth-order valence-corrected chi connectivity index (χ4v) is 5.86. The van der Waals surface area contributed by atoms with Crippen LogP contribution in [-0.2, 0) is 14.1 Å². The molecular weight excluding hydrogens is 483 g/mol. The summed E-state index contributed by atoms with van der Waals surface area (Å²) in [6.07, 6.45) is 6.39. The smallest absolute Gasteiger partial charge is 0.464 e. The lowest BCUT2D eigenvalue weighted by atomic mass is 9.84. The molecule has 9 nitrogen and oxygen atoms in total. The molecule has 2 unspecified atom stereocenters. The van der Waals surface area contributed by atoms with E-state index in [9.17, 15) is 19.5 Å².